The van der Waals surface area contributed by atoms with Crippen molar-refractivity contribution in [1.82, 2.24) is 0 Å². The number of hydrogen-bond acceptors (Lipinski definition) is 4. The van der Waals surface area contributed by atoms with Crippen LogP contribution < -0.4 is 0 Å². The van der Waals surface area contributed by atoms with Gasteiger partial charge in [0, 0.05) is 5.56 Å². The second-order valence-corrected chi connectivity index (χ2v) is 4.22. The van der Waals surface area contributed by atoms with Crippen LogP contribution in [0.3, 0.4) is 0 Å². The van der Waals surface area contributed by atoms with Crippen molar-refractivity contribution < 1.29 is 15.0 Å². The summed E-state index contributed by atoms with van der Waals surface area (Å²) < 4.78 is 0. The maximum Gasteiger partial charge on any atom is 0.150 e. The SMILES string of the molecule is Cc1ccc(C(O)C(O)CCS)c(C=O)c1. The van der Waals surface area contributed by atoms with Crippen LogP contribution in [0.15, 0.2) is 18.2 Å². The molecule has 0 saturated heterocycles. The zero-order valence-corrected chi connectivity index (χ0v) is 10.0. The molecule has 0 aliphatic heterocycles. The van der Waals surface area contributed by atoms with Gasteiger partial charge in [-0.15, -0.1) is 0 Å². The van der Waals surface area contributed by atoms with E-state index in [2.05, 4.69) is 12.6 Å². The van der Waals surface area contributed by atoms with Crippen LogP contribution in [0.1, 0.15) is 34.0 Å². The van der Waals surface area contributed by atoms with Gasteiger partial charge in [-0.05, 0) is 30.7 Å². The number of aliphatic hydroxyl groups is 2. The highest BCUT2D eigenvalue weighted by Crippen LogP contribution is 2.23. The number of aryl methyl sites for hydroxylation is 1. The molecule has 1 aromatic carbocycles. The monoisotopic (exact) mass is 240 g/mol. The summed E-state index contributed by atoms with van der Waals surface area (Å²) in [6.45, 7) is 1.87. The van der Waals surface area contributed by atoms with Gasteiger partial charge in [-0.2, -0.15) is 12.6 Å². The average Bonchev–Trinajstić information content (AvgIpc) is 2.28. The minimum atomic E-state index is -1.03. The van der Waals surface area contributed by atoms with Gasteiger partial charge in [0.25, 0.3) is 0 Å². The summed E-state index contributed by atoms with van der Waals surface area (Å²) >= 11 is 3.99. The maximum absolute atomic E-state index is 10.9. The van der Waals surface area contributed by atoms with Crippen LogP contribution in [0.4, 0.5) is 0 Å². The molecule has 0 spiro atoms. The lowest BCUT2D eigenvalue weighted by Crippen LogP contribution is -2.20. The second kappa shape index (κ2) is 6.03. The zero-order valence-electron chi connectivity index (χ0n) is 9.13. The summed E-state index contributed by atoms with van der Waals surface area (Å²) in [5, 5.41) is 19.5. The van der Waals surface area contributed by atoms with Gasteiger partial charge in [0.1, 0.15) is 12.4 Å². The topological polar surface area (TPSA) is 57.5 Å². The summed E-state index contributed by atoms with van der Waals surface area (Å²) in [4.78, 5) is 10.9. The van der Waals surface area contributed by atoms with E-state index in [1.54, 1.807) is 18.2 Å². The molecule has 0 saturated carbocycles. The predicted molar refractivity (Wildman–Crippen MR) is 66.0 cm³/mol. The van der Waals surface area contributed by atoms with Gasteiger partial charge in [-0.3, -0.25) is 4.79 Å². The molecule has 16 heavy (non-hydrogen) atoms. The molecule has 1 aromatic rings. The Labute approximate surface area is 101 Å². The van der Waals surface area contributed by atoms with Gasteiger partial charge in [0.15, 0.2) is 0 Å². The van der Waals surface area contributed by atoms with Crippen molar-refractivity contribution in [1.29, 1.82) is 0 Å². The Morgan fingerprint density at radius 3 is 2.69 bits per heavy atom. The van der Waals surface area contributed by atoms with E-state index in [1.165, 1.54) is 0 Å². The van der Waals surface area contributed by atoms with E-state index in [-0.39, 0.29) is 0 Å². The van der Waals surface area contributed by atoms with Gasteiger partial charge in [-0.25, -0.2) is 0 Å². The van der Waals surface area contributed by atoms with Crippen molar-refractivity contribution in [2.45, 2.75) is 25.6 Å². The molecule has 1 rings (SSSR count). The Morgan fingerprint density at radius 1 is 1.44 bits per heavy atom. The van der Waals surface area contributed by atoms with Crippen molar-refractivity contribution in [3.8, 4) is 0 Å². The molecule has 2 atom stereocenters. The smallest absolute Gasteiger partial charge is 0.150 e. The van der Waals surface area contributed by atoms with Crippen LogP contribution in [0.25, 0.3) is 0 Å². The fraction of sp³-hybridized carbons (Fsp3) is 0.417. The minimum Gasteiger partial charge on any atom is -0.390 e. The summed E-state index contributed by atoms with van der Waals surface area (Å²) in [6, 6.07) is 5.17. The third-order valence-corrected chi connectivity index (χ3v) is 2.74. The van der Waals surface area contributed by atoms with Crippen LogP contribution in [-0.2, 0) is 0 Å². The Bertz CT molecular complexity index is 365. The van der Waals surface area contributed by atoms with Crippen molar-refractivity contribution in [2.24, 2.45) is 0 Å². The fourth-order valence-corrected chi connectivity index (χ4v) is 1.83. The summed E-state index contributed by atoms with van der Waals surface area (Å²) in [5.74, 6) is 0.487. The molecular formula is C12H16O3S. The van der Waals surface area contributed by atoms with Gasteiger partial charge < -0.3 is 10.2 Å². The first-order valence-corrected chi connectivity index (χ1v) is 5.76. The molecular weight excluding hydrogens is 224 g/mol. The lowest BCUT2D eigenvalue weighted by molar-refractivity contribution is 0.0169. The normalized spacial score (nSPS) is 14.5. The van der Waals surface area contributed by atoms with E-state index in [9.17, 15) is 15.0 Å². The lowest BCUT2D eigenvalue weighted by atomic mass is 9.96. The van der Waals surface area contributed by atoms with Crippen molar-refractivity contribution in [3.05, 3.63) is 34.9 Å². The van der Waals surface area contributed by atoms with Gasteiger partial charge >= 0.3 is 0 Å². The third kappa shape index (κ3) is 3.07. The first-order valence-electron chi connectivity index (χ1n) is 5.13. The standard InChI is InChI=1S/C12H16O3S/c1-8-2-3-10(9(6-8)7-13)12(15)11(14)4-5-16/h2-3,6-7,11-12,14-16H,4-5H2,1H3. The van der Waals surface area contributed by atoms with Crippen molar-refractivity contribution in [3.63, 3.8) is 0 Å². The number of aliphatic hydroxyl groups excluding tert-OH is 2. The summed E-state index contributed by atoms with van der Waals surface area (Å²) in [6.07, 6.45) is -0.845. The first kappa shape index (κ1) is 13.2. The fourth-order valence-electron chi connectivity index (χ4n) is 1.56. The molecule has 0 amide bonds. The molecule has 2 N–H and O–H groups in total. The van der Waals surface area contributed by atoms with E-state index in [0.29, 0.717) is 29.6 Å². The molecule has 88 valence electrons. The van der Waals surface area contributed by atoms with Crippen molar-refractivity contribution >= 4 is 18.9 Å². The molecule has 0 aliphatic rings. The largest absolute Gasteiger partial charge is 0.390 e. The molecule has 0 aliphatic carbocycles. The average molecular weight is 240 g/mol. The van der Waals surface area contributed by atoms with Crippen LogP contribution in [0.5, 0.6) is 0 Å². The number of rotatable bonds is 5. The van der Waals surface area contributed by atoms with Gasteiger partial charge in [0.05, 0.1) is 6.10 Å². The number of benzene rings is 1. The Kier molecular flexibility index (Phi) is 4.99. The highest BCUT2D eigenvalue weighted by molar-refractivity contribution is 7.80. The predicted octanol–water partition coefficient (Wildman–Crippen LogP) is 1.52. The van der Waals surface area contributed by atoms with Crippen LogP contribution in [0.2, 0.25) is 0 Å². The molecule has 2 unspecified atom stereocenters. The molecule has 4 heteroatoms. The van der Waals surface area contributed by atoms with E-state index in [4.69, 9.17) is 0 Å². The summed E-state index contributed by atoms with van der Waals surface area (Å²) in [5.41, 5.74) is 1.84. The Morgan fingerprint density at radius 2 is 2.12 bits per heavy atom. The highest BCUT2D eigenvalue weighted by Gasteiger charge is 2.20. The Balaban J connectivity index is 2.98. The van der Waals surface area contributed by atoms with Crippen molar-refractivity contribution in [2.75, 3.05) is 5.75 Å². The molecule has 0 bridgehead atoms. The lowest BCUT2D eigenvalue weighted by Gasteiger charge is -2.19. The second-order valence-electron chi connectivity index (χ2n) is 3.77. The maximum atomic E-state index is 10.9. The van der Waals surface area contributed by atoms with Crippen LogP contribution in [-0.4, -0.2) is 28.4 Å². The molecule has 3 nitrogen and oxygen atoms in total. The van der Waals surface area contributed by atoms with E-state index >= 15 is 0 Å². The number of carbonyl (C=O) groups is 1. The highest BCUT2D eigenvalue weighted by atomic mass is 32.1. The van der Waals surface area contributed by atoms with E-state index < -0.39 is 12.2 Å². The third-order valence-electron chi connectivity index (χ3n) is 2.48. The van der Waals surface area contributed by atoms with Gasteiger partial charge in [-0.1, -0.05) is 17.7 Å². The first-order chi connectivity index (χ1) is 7.60. The molecule has 0 radical (unpaired) electrons. The number of carbonyl (C=O) groups excluding carboxylic acids is 1. The number of aldehydes is 1. The van der Waals surface area contributed by atoms with Crippen LogP contribution >= 0.6 is 12.6 Å². The molecule has 0 heterocycles. The van der Waals surface area contributed by atoms with Crippen LogP contribution in [0, 0.1) is 6.92 Å². The number of hydrogen-bond donors (Lipinski definition) is 3. The van der Waals surface area contributed by atoms with E-state index in [1.807, 2.05) is 6.92 Å². The Hall–Kier alpha value is -0.840. The number of thiol groups is 1. The zero-order chi connectivity index (χ0) is 12.1. The molecule has 0 aromatic heterocycles. The van der Waals surface area contributed by atoms with Gasteiger partial charge in [0.2, 0.25) is 0 Å². The molecule has 0 fully saturated rings. The minimum absolute atomic E-state index is 0.385. The van der Waals surface area contributed by atoms with E-state index in [0.717, 1.165) is 5.56 Å². The quantitative estimate of drug-likeness (QED) is 0.540. The summed E-state index contributed by atoms with van der Waals surface area (Å²) in [7, 11) is 0.